The quantitative estimate of drug-likeness (QED) is 0.828. The number of esters is 2. The molecule has 0 bridgehead atoms. The molecule has 0 unspecified atom stereocenters. The van der Waals surface area contributed by atoms with Crippen molar-refractivity contribution in [3.05, 3.63) is 41.0 Å². The Bertz CT molecular complexity index is 663. The van der Waals surface area contributed by atoms with Gasteiger partial charge in [0.25, 0.3) is 0 Å². The summed E-state index contributed by atoms with van der Waals surface area (Å²) < 4.78 is 9.74. The van der Waals surface area contributed by atoms with Gasteiger partial charge < -0.3 is 19.5 Å². The lowest BCUT2D eigenvalue weighted by Gasteiger charge is -2.36. The van der Waals surface area contributed by atoms with Crippen LogP contribution in [0.1, 0.15) is 31.1 Å². The van der Waals surface area contributed by atoms with Crippen molar-refractivity contribution in [3.8, 4) is 0 Å². The van der Waals surface area contributed by atoms with Gasteiger partial charge in [-0.05, 0) is 19.4 Å². The number of carbonyl (C=O) groups is 2. The number of methoxy groups -OCH3 is 2. The predicted octanol–water partition coefficient (Wildman–Crippen LogP) is 1.75. The van der Waals surface area contributed by atoms with Gasteiger partial charge in [0.2, 0.25) is 0 Å². The largest absolute Gasteiger partial charge is 0.468 e. The molecule has 2 rings (SSSR count). The maximum absolute atomic E-state index is 12.5. The third-order valence-corrected chi connectivity index (χ3v) is 4.36. The highest BCUT2D eigenvalue weighted by Crippen LogP contribution is 2.43. The van der Waals surface area contributed by atoms with Crippen LogP contribution in [0.15, 0.2) is 29.8 Å². The molecule has 1 aliphatic rings. The van der Waals surface area contributed by atoms with Crippen LogP contribution < -0.4 is 0 Å². The van der Waals surface area contributed by atoms with Crippen molar-refractivity contribution in [1.82, 2.24) is 4.90 Å². The second-order valence-electron chi connectivity index (χ2n) is 5.46. The highest BCUT2D eigenvalue weighted by Gasteiger charge is 2.44. The van der Waals surface area contributed by atoms with E-state index in [-0.39, 0.29) is 5.57 Å². The van der Waals surface area contributed by atoms with Crippen LogP contribution in [0, 0.1) is 5.92 Å². The van der Waals surface area contributed by atoms with Gasteiger partial charge >= 0.3 is 11.9 Å². The molecule has 2 atom stereocenters. The molecule has 0 radical (unpaired) electrons. The van der Waals surface area contributed by atoms with E-state index in [9.17, 15) is 14.7 Å². The summed E-state index contributed by atoms with van der Waals surface area (Å²) in [5.41, 5.74) is 2.08. The number of aliphatic hydroxyl groups is 1. The van der Waals surface area contributed by atoms with E-state index in [4.69, 9.17) is 9.47 Å². The zero-order valence-corrected chi connectivity index (χ0v) is 14.4. The van der Waals surface area contributed by atoms with Crippen molar-refractivity contribution in [2.24, 2.45) is 5.92 Å². The fourth-order valence-electron chi connectivity index (χ4n) is 3.19. The van der Waals surface area contributed by atoms with Gasteiger partial charge in [0.1, 0.15) is 5.92 Å². The molecule has 0 saturated heterocycles. The molecule has 1 aliphatic carbocycles. The summed E-state index contributed by atoms with van der Waals surface area (Å²) in [6, 6.07) is 7.22. The van der Waals surface area contributed by atoms with Gasteiger partial charge in [0.05, 0.1) is 31.6 Å². The van der Waals surface area contributed by atoms with Crippen LogP contribution in [0.5, 0.6) is 0 Å². The monoisotopic (exact) mass is 333 g/mol. The number of nitrogens with zero attached hydrogens (tertiary/aromatic N) is 1. The summed E-state index contributed by atoms with van der Waals surface area (Å²) in [6.07, 6.45) is -1.16. The first-order chi connectivity index (χ1) is 11.5. The molecule has 0 aromatic heterocycles. The summed E-state index contributed by atoms with van der Waals surface area (Å²) in [5, 5.41) is 10.7. The Labute approximate surface area is 141 Å². The molecule has 0 saturated carbocycles. The maximum atomic E-state index is 12.5. The van der Waals surface area contributed by atoms with Crippen LogP contribution in [0.3, 0.4) is 0 Å². The Balaban J connectivity index is 2.82. The zero-order chi connectivity index (χ0) is 17.9. The number of benzene rings is 1. The Morgan fingerprint density at radius 3 is 2.29 bits per heavy atom. The molecule has 0 aliphatic heterocycles. The third kappa shape index (κ3) is 2.89. The van der Waals surface area contributed by atoms with E-state index in [2.05, 4.69) is 0 Å². The van der Waals surface area contributed by atoms with Crippen molar-refractivity contribution in [1.29, 1.82) is 0 Å². The maximum Gasteiger partial charge on any atom is 0.336 e. The smallest absolute Gasteiger partial charge is 0.336 e. The topological polar surface area (TPSA) is 76.1 Å². The molecule has 24 heavy (non-hydrogen) atoms. The molecular formula is C18H23NO5. The van der Waals surface area contributed by atoms with E-state index >= 15 is 0 Å². The second-order valence-corrected chi connectivity index (χ2v) is 5.46. The van der Waals surface area contributed by atoms with Gasteiger partial charge in [0.15, 0.2) is 0 Å². The normalized spacial score (nSPS) is 19.5. The van der Waals surface area contributed by atoms with E-state index in [1.54, 1.807) is 12.1 Å². The van der Waals surface area contributed by atoms with Gasteiger partial charge in [0, 0.05) is 18.7 Å². The van der Waals surface area contributed by atoms with E-state index in [0.29, 0.717) is 24.4 Å². The third-order valence-electron chi connectivity index (χ3n) is 4.36. The SMILES string of the molecule is CCN(CC)C1=C(C(=O)OC)[C@H](C(=O)OC)[C@@H](O)c2ccccc21. The number of hydrogen-bond acceptors (Lipinski definition) is 6. The number of aliphatic hydroxyl groups excluding tert-OH is 1. The summed E-state index contributed by atoms with van der Waals surface area (Å²) in [5.74, 6) is -2.42. The van der Waals surface area contributed by atoms with Gasteiger partial charge in [-0.15, -0.1) is 0 Å². The number of hydrogen-bond donors (Lipinski definition) is 1. The molecule has 0 heterocycles. The van der Waals surface area contributed by atoms with Gasteiger partial charge in [-0.1, -0.05) is 24.3 Å². The van der Waals surface area contributed by atoms with Crippen LogP contribution in [-0.2, 0) is 19.1 Å². The average molecular weight is 333 g/mol. The average Bonchev–Trinajstić information content (AvgIpc) is 2.62. The van der Waals surface area contributed by atoms with Crippen molar-refractivity contribution in [2.45, 2.75) is 20.0 Å². The molecule has 1 N–H and O–H groups in total. The van der Waals surface area contributed by atoms with Gasteiger partial charge in [-0.3, -0.25) is 4.79 Å². The first-order valence-corrected chi connectivity index (χ1v) is 7.94. The predicted molar refractivity (Wildman–Crippen MR) is 88.8 cm³/mol. The van der Waals surface area contributed by atoms with E-state index in [0.717, 1.165) is 5.56 Å². The van der Waals surface area contributed by atoms with Crippen LogP contribution in [-0.4, -0.2) is 49.3 Å². The van der Waals surface area contributed by atoms with Crippen molar-refractivity contribution < 1.29 is 24.2 Å². The minimum absolute atomic E-state index is 0.138. The Morgan fingerprint density at radius 1 is 1.12 bits per heavy atom. The van der Waals surface area contributed by atoms with Crippen molar-refractivity contribution in [3.63, 3.8) is 0 Å². The minimum Gasteiger partial charge on any atom is -0.468 e. The second kappa shape index (κ2) is 7.49. The van der Waals surface area contributed by atoms with Crippen LogP contribution in [0.2, 0.25) is 0 Å². The van der Waals surface area contributed by atoms with Crippen molar-refractivity contribution in [2.75, 3.05) is 27.3 Å². The fourth-order valence-corrected chi connectivity index (χ4v) is 3.19. The zero-order valence-electron chi connectivity index (χ0n) is 14.4. The highest BCUT2D eigenvalue weighted by atomic mass is 16.5. The highest BCUT2D eigenvalue weighted by molar-refractivity contribution is 6.04. The molecule has 6 heteroatoms. The molecule has 6 nitrogen and oxygen atoms in total. The number of carbonyl (C=O) groups excluding carboxylic acids is 2. The lowest BCUT2D eigenvalue weighted by molar-refractivity contribution is -0.151. The molecule has 0 fully saturated rings. The van der Waals surface area contributed by atoms with E-state index < -0.39 is 24.0 Å². The lowest BCUT2D eigenvalue weighted by Crippen LogP contribution is -2.37. The first-order valence-electron chi connectivity index (χ1n) is 7.94. The molecule has 0 amide bonds. The van der Waals surface area contributed by atoms with Crippen LogP contribution >= 0.6 is 0 Å². The summed E-state index contributed by atoms with van der Waals surface area (Å²) >= 11 is 0. The molecule has 1 aromatic carbocycles. The first kappa shape index (κ1) is 18.0. The Kier molecular flexibility index (Phi) is 5.62. The molecule has 0 spiro atoms. The summed E-state index contributed by atoms with van der Waals surface area (Å²) in [6.45, 7) is 5.22. The van der Waals surface area contributed by atoms with Crippen LogP contribution in [0.4, 0.5) is 0 Å². The summed E-state index contributed by atoms with van der Waals surface area (Å²) in [4.78, 5) is 26.8. The minimum atomic E-state index is -1.16. The lowest BCUT2D eigenvalue weighted by atomic mass is 9.78. The van der Waals surface area contributed by atoms with Crippen LogP contribution in [0.25, 0.3) is 5.70 Å². The van der Waals surface area contributed by atoms with Gasteiger partial charge in [-0.2, -0.15) is 0 Å². The van der Waals surface area contributed by atoms with E-state index in [1.165, 1.54) is 14.2 Å². The number of ether oxygens (including phenoxy) is 2. The standard InChI is InChI=1S/C18H23NO5/c1-5-19(6-2)15-11-9-7-8-10-12(11)16(20)14(18(22)24-4)13(15)17(21)23-3/h7-10,14,16,20H,5-6H2,1-4H3/t14-,16-/m0/s1. The number of rotatable bonds is 5. The molecule has 130 valence electrons. The Morgan fingerprint density at radius 2 is 1.75 bits per heavy atom. The van der Waals surface area contributed by atoms with Gasteiger partial charge in [-0.25, -0.2) is 4.79 Å². The summed E-state index contributed by atoms with van der Waals surface area (Å²) in [7, 11) is 2.50. The number of fused-ring (bicyclic) bond motifs is 1. The van der Waals surface area contributed by atoms with Crippen molar-refractivity contribution >= 4 is 17.6 Å². The molecular weight excluding hydrogens is 310 g/mol. The fraction of sp³-hybridized carbons (Fsp3) is 0.444. The van der Waals surface area contributed by atoms with E-state index in [1.807, 2.05) is 30.9 Å². The Hall–Kier alpha value is -2.34. The molecule has 1 aromatic rings.